The lowest BCUT2D eigenvalue weighted by molar-refractivity contribution is -0.140. The molecule has 0 saturated carbocycles. The number of hydrogen-bond donors (Lipinski definition) is 1. The summed E-state index contributed by atoms with van der Waals surface area (Å²) in [6.45, 7) is 9.44. The van der Waals surface area contributed by atoms with Crippen LogP contribution in [0.5, 0.6) is 0 Å². The smallest absolute Gasteiger partial charge is 0.244 e. The second-order valence-corrected chi connectivity index (χ2v) is 10.8. The maximum absolute atomic E-state index is 13.6. The van der Waals surface area contributed by atoms with E-state index in [2.05, 4.69) is 5.32 Å². The lowest BCUT2D eigenvalue weighted by atomic mass is 10.1. The molecule has 0 heterocycles. The van der Waals surface area contributed by atoms with E-state index in [9.17, 15) is 18.0 Å². The van der Waals surface area contributed by atoms with Gasteiger partial charge in [-0.05, 0) is 51.3 Å². The maximum atomic E-state index is 13.6. The van der Waals surface area contributed by atoms with Crippen molar-refractivity contribution in [2.24, 2.45) is 0 Å². The number of nitrogens with zero attached hydrogens (tertiary/aromatic N) is 2. The zero-order valence-corrected chi connectivity index (χ0v) is 21.9. The largest absolute Gasteiger partial charge is 0.352 e. The molecule has 7 nitrogen and oxygen atoms in total. The Morgan fingerprint density at radius 3 is 2.15 bits per heavy atom. The first-order chi connectivity index (χ1) is 16.0. The molecule has 0 aliphatic heterocycles. The predicted octanol–water partition coefficient (Wildman–Crippen LogP) is 3.79. The van der Waals surface area contributed by atoms with E-state index in [4.69, 9.17) is 0 Å². The van der Waals surface area contributed by atoms with Crippen LogP contribution >= 0.6 is 0 Å². The minimum atomic E-state index is -3.73. The second-order valence-electron chi connectivity index (χ2n) is 8.86. The molecule has 2 rings (SSSR count). The van der Waals surface area contributed by atoms with Crippen molar-refractivity contribution in [1.82, 2.24) is 10.2 Å². The third kappa shape index (κ3) is 7.58. The van der Waals surface area contributed by atoms with E-state index in [0.717, 1.165) is 33.7 Å². The summed E-state index contributed by atoms with van der Waals surface area (Å²) in [5.41, 5.74) is 3.32. The molecule has 0 bridgehead atoms. The fraction of sp³-hybridized carbons (Fsp3) is 0.462. The highest BCUT2D eigenvalue weighted by Crippen LogP contribution is 2.20. The quantitative estimate of drug-likeness (QED) is 0.522. The molecular weight excluding hydrogens is 450 g/mol. The van der Waals surface area contributed by atoms with Gasteiger partial charge < -0.3 is 10.2 Å². The van der Waals surface area contributed by atoms with Gasteiger partial charge >= 0.3 is 0 Å². The van der Waals surface area contributed by atoms with Gasteiger partial charge in [0, 0.05) is 12.6 Å². The fourth-order valence-corrected chi connectivity index (χ4v) is 4.54. The van der Waals surface area contributed by atoms with Crippen LogP contribution in [0.3, 0.4) is 0 Å². The van der Waals surface area contributed by atoms with E-state index in [0.29, 0.717) is 12.1 Å². The summed E-state index contributed by atoms with van der Waals surface area (Å²) in [6, 6.07) is 14.0. The number of aryl methyl sites for hydroxylation is 2. The fourth-order valence-electron chi connectivity index (χ4n) is 3.69. The van der Waals surface area contributed by atoms with Crippen molar-refractivity contribution in [2.75, 3.05) is 17.1 Å². The second kappa shape index (κ2) is 12.0. The van der Waals surface area contributed by atoms with Crippen molar-refractivity contribution in [3.63, 3.8) is 0 Å². The number of nitrogens with one attached hydrogen (secondary N) is 1. The summed E-state index contributed by atoms with van der Waals surface area (Å²) in [6.07, 6.45) is 2.25. The minimum Gasteiger partial charge on any atom is -0.352 e. The molecule has 2 atom stereocenters. The average Bonchev–Trinajstić information content (AvgIpc) is 2.77. The predicted molar refractivity (Wildman–Crippen MR) is 137 cm³/mol. The number of carbonyl (C=O) groups excluding carboxylic acids is 2. The summed E-state index contributed by atoms with van der Waals surface area (Å²) in [7, 11) is -3.73. The Kier molecular flexibility index (Phi) is 9.67. The van der Waals surface area contributed by atoms with E-state index in [-0.39, 0.29) is 25.0 Å². The van der Waals surface area contributed by atoms with Gasteiger partial charge in [0.05, 0.1) is 11.9 Å². The van der Waals surface area contributed by atoms with Crippen molar-refractivity contribution in [1.29, 1.82) is 0 Å². The molecule has 0 saturated heterocycles. The number of sulfonamides is 1. The van der Waals surface area contributed by atoms with Gasteiger partial charge in [-0.15, -0.1) is 0 Å². The van der Waals surface area contributed by atoms with Crippen LogP contribution in [0.1, 0.15) is 50.3 Å². The van der Waals surface area contributed by atoms with Crippen LogP contribution in [0, 0.1) is 13.8 Å². The summed E-state index contributed by atoms with van der Waals surface area (Å²) >= 11 is 0. The van der Waals surface area contributed by atoms with E-state index in [1.54, 1.807) is 24.3 Å². The van der Waals surface area contributed by atoms with E-state index in [1.165, 1.54) is 4.90 Å². The highest BCUT2D eigenvalue weighted by molar-refractivity contribution is 7.92. The lowest BCUT2D eigenvalue weighted by Crippen LogP contribution is -2.53. The summed E-state index contributed by atoms with van der Waals surface area (Å²) < 4.78 is 26.3. The van der Waals surface area contributed by atoms with Gasteiger partial charge in [-0.25, -0.2) is 8.42 Å². The Morgan fingerprint density at radius 2 is 1.62 bits per heavy atom. The molecule has 0 radical (unpaired) electrons. The van der Waals surface area contributed by atoms with E-state index in [1.807, 2.05) is 58.9 Å². The molecule has 0 fully saturated rings. The molecule has 2 aromatic rings. The Hall–Kier alpha value is -2.87. The van der Waals surface area contributed by atoms with Crippen LogP contribution in [-0.2, 0) is 26.2 Å². The third-order valence-electron chi connectivity index (χ3n) is 5.82. The molecular formula is C26H37N3O4S. The van der Waals surface area contributed by atoms with Crippen molar-refractivity contribution in [3.8, 4) is 0 Å². The monoisotopic (exact) mass is 487 g/mol. The number of hydrogen-bond acceptors (Lipinski definition) is 4. The SMILES string of the molecule is CC[C@H](C)NC(=O)[C@H](CC)N(Cc1cccc(C)c1)C(=O)CN(c1ccc(C)cc1)S(C)(=O)=O. The molecule has 0 unspecified atom stereocenters. The van der Waals surface area contributed by atoms with Gasteiger partial charge in [0.15, 0.2) is 0 Å². The molecule has 34 heavy (non-hydrogen) atoms. The molecule has 0 aromatic heterocycles. The first-order valence-electron chi connectivity index (χ1n) is 11.7. The van der Waals surface area contributed by atoms with Crippen LogP contribution in [0.2, 0.25) is 0 Å². The molecule has 186 valence electrons. The highest BCUT2D eigenvalue weighted by Gasteiger charge is 2.32. The molecule has 0 aliphatic rings. The van der Waals surface area contributed by atoms with Gasteiger partial charge in [-0.3, -0.25) is 13.9 Å². The zero-order chi connectivity index (χ0) is 25.5. The Labute approximate surface area is 204 Å². The molecule has 1 N–H and O–H groups in total. The first kappa shape index (κ1) is 27.4. The summed E-state index contributed by atoms with van der Waals surface area (Å²) in [4.78, 5) is 28.2. The van der Waals surface area contributed by atoms with Crippen molar-refractivity contribution in [3.05, 3.63) is 65.2 Å². The normalized spacial score (nSPS) is 13.1. The van der Waals surface area contributed by atoms with Gasteiger partial charge in [0.25, 0.3) is 0 Å². The van der Waals surface area contributed by atoms with Gasteiger partial charge in [0.2, 0.25) is 21.8 Å². The molecule has 0 spiro atoms. The lowest BCUT2D eigenvalue weighted by Gasteiger charge is -2.33. The first-order valence-corrected chi connectivity index (χ1v) is 13.5. The topological polar surface area (TPSA) is 86.8 Å². The number of benzene rings is 2. The number of rotatable bonds is 11. The number of anilines is 1. The zero-order valence-electron chi connectivity index (χ0n) is 21.0. The Morgan fingerprint density at radius 1 is 0.971 bits per heavy atom. The Bertz CT molecular complexity index is 1080. The van der Waals surface area contributed by atoms with Gasteiger partial charge in [-0.1, -0.05) is 61.4 Å². The summed E-state index contributed by atoms with van der Waals surface area (Å²) in [5, 5.41) is 2.97. The van der Waals surface area contributed by atoms with E-state index < -0.39 is 22.0 Å². The highest BCUT2D eigenvalue weighted by atomic mass is 32.2. The van der Waals surface area contributed by atoms with Crippen molar-refractivity contribution >= 4 is 27.5 Å². The minimum absolute atomic E-state index is 0.0300. The van der Waals surface area contributed by atoms with Crippen LogP contribution in [0.15, 0.2) is 48.5 Å². The standard InChI is InChI=1S/C26H37N3O4S/c1-7-21(5)27-26(31)24(8-2)28(17-22-11-9-10-20(4)16-22)25(30)18-29(34(6,32)33)23-14-12-19(3)13-15-23/h9-16,21,24H,7-8,17-18H2,1-6H3,(H,27,31)/t21-,24-/m0/s1. The Balaban J connectivity index is 2.43. The number of amides is 2. The van der Waals surface area contributed by atoms with Crippen molar-refractivity contribution < 1.29 is 18.0 Å². The molecule has 0 aliphatic carbocycles. The van der Waals surface area contributed by atoms with Crippen LogP contribution in [-0.4, -0.2) is 50.0 Å². The van der Waals surface area contributed by atoms with Crippen LogP contribution in [0.4, 0.5) is 5.69 Å². The average molecular weight is 488 g/mol. The molecule has 2 aromatic carbocycles. The maximum Gasteiger partial charge on any atom is 0.244 e. The number of carbonyl (C=O) groups is 2. The van der Waals surface area contributed by atoms with Gasteiger partial charge in [0.1, 0.15) is 12.6 Å². The molecule has 2 amide bonds. The van der Waals surface area contributed by atoms with E-state index >= 15 is 0 Å². The van der Waals surface area contributed by atoms with Crippen LogP contribution in [0.25, 0.3) is 0 Å². The third-order valence-corrected chi connectivity index (χ3v) is 6.96. The summed E-state index contributed by atoms with van der Waals surface area (Å²) in [5.74, 6) is -0.669. The molecule has 8 heteroatoms. The van der Waals surface area contributed by atoms with Gasteiger partial charge in [-0.2, -0.15) is 0 Å². The van der Waals surface area contributed by atoms with Crippen LogP contribution < -0.4 is 9.62 Å². The van der Waals surface area contributed by atoms with Crippen molar-refractivity contribution in [2.45, 2.75) is 66.1 Å².